The number of hydrogen-bond donors (Lipinski definition) is 0. The summed E-state index contributed by atoms with van der Waals surface area (Å²) in [4.78, 5) is 11.4. The van der Waals surface area contributed by atoms with Crippen LogP contribution in [0.2, 0.25) is 0 Å². The second-order valence-corrected chi connectivity index (χ2v) is 3.69. The Kier molecular flexibility index (Phi) is 3.74. The van der Waals surface area contributed by atoms with E-state index in [0.717, 1.165) is 6.07 Å². The number of hydrogen-bond acceptors (Lipinski definition) is 6. The zero-order chi connectivity index (χ0) is 13.8. The lowest BCUT2D eigenvalue weighted by molar-refractivity contribution is 0.0526. The van der Waals surface area contributed by atoms with Gasteiger partial charge in [-0.15, -0.1) is 20.4 Å². The fourth-order valence-corrected chi connectivity index (χ4v) is 1.43. The number of aromatic nitrogens is 4. The summed E-state index contributed by atoms with van der Waals surface area (Å²) in [5, 5.41) is 14.9. The van der Waals surface area contributed by atoms with E-state index in [1.54, 1.807) is 13.8 Å². The van der Waals surface area contributed by atoms with E-state index in [0.29, 0.717) is 5.82 Å². The van der Waals surface area contributed by atoms with Crippen LogP contribution in [0.4, 0.5) is 4.39 Å². The fourth-order valence-electron chi connectivity index (χ4n) is 1.43. The van der Waals surface area contributed by atoms with Crippen molar-refractivity contribution in [1.29, 1.82) is 0 Å². The van der Waals surface area contributed by atoms with Gasteiger partial charge in [-0.3, -0.25) is 0 Å². The molecule has 1 aromatic heterocycles. The van der Waals surface area contributed by atoms with Gasteiger partial charge in [0.05, 0.1) is 17.7 Å². The van der Waals surface area contributed by atoms with E-state index < -0.39 is 11.8 Å². The normalized spacial score (nSPS) is 10.3. The Bertz CT molecular complexity index is 601. The van der Waals surface area contributed by atoms with Crippen molar-refractivity contribution in [3.8, 4) is 11.4 Å². The number of esters is 1. The molecule has 0 radical (unpaired) electrons. The maximum Gasteiger partial charge on any atom is 0.338 e. The fraction of sp³-hybridized carbons (Fsp3) is 0.250. The standard InChI is InChI=1S/C12H11FN4O2/c1-3-19-12(18)8-4-5-9(10(13)6-8)11-16-14-7(2)15-17-11/h4-6H,3H2,1-2H3. The van der Waals surface area contributed by atoms with Crippen molar-refractivity contribution < 1.29 is 13.9 Å². The van der Waals surface area contributed by atoms with E-state index in [2.05, 4.69) is 20.4 Å². The summed E-state index contributed by atoms with van der Waals surface area (Å²) >= 11 is 0. The minimum absolute atomic E-state index is 0.0681. The molecule has 0 N–H and O–H groups in total. The molecule has 0 atom stereocenters. The van der Waals surface area contributed by atoms with Crippen molar-refractivity contribution in [3.05, 3.63) is 35.4 Å². The van der Waals surface area contributed by atoms with Gasteiger partial charge in [0.1, 0.15) is 5.82 Å². The molecule has 6 nitrogen and oxygen atoms in total. The molecule has 0 aliphatic carbocycles. The van der Waals surface area contributed by atoms with Crippen LogP contribution in [0.15, 0.2) is 18.2 Å². The van der Waals surface area contributed by atoms with E-state index in [-0.39, 0.29) is 23.6 Å². The molecule has 0 aliphatic rings. The molecule has 0 bridgehead atoms. The van der Waals surface area contributed by atoms with Gasteiger partial charge in [-0.05, 0) is 32.0 Å². The first-order chi connectivity index (χ1) is 9.11. The van der Waals surface area contributed by atoms with Crippen molar-refractivity contribution in [2.45, 2.75) is 13.8 Å². The number of rotatable bonds is 3. The second kappa shape index (κ2) is 5.47. The molecule has 0 spiro atoms. The van der Waals surface area contributed by atoms with Crippen LogP contribution in [0, 0.1) is 12.7 Å². The first-order valence-electron chi connectivity index (χ1n) is 5.63. The first kappa shape index (κ1) is 13.0. The molecule has 2 aromatic rings. The second-order valence-electron chi connectivity index (χ2n) is 3.69. The predicted molar refractivity (Wildman–Crippen MR) is 63.7 cm³/mol. The van der Waals surface area contributed by atoms with Crippen molar-refractivity contribution in [1.82, 2.24) is 20.4 Å². The summed E-state index contributed by atoms with van der Waals surface area (Å²) in [7, 11) is 0. The highest BCUT2D eigenvalue weighted by Crippen LogP contribution is 2.19. The van der Waals surface area contributed by atoms with Crippen molar-refractivity contribution in [2.24, 2.45) is 0 Å². The Hall–Kier alpha value is -2.44. The number of carbonyl (C=O) groups excluding carboxylic acids is 1. The van der Waals surface area contributed by atoms with Gasteiger partial charge in [0.2, 0.25) is 5.82 Å². The Morgan fingerprint density at radius 1 is 1.26 bits per heavy atom. The van der Waals surface area contributed by atoms with Gasteiger partial charge in [-0.25, -0.2) is 9.18 Å². The van der Waals surface area contributed by atoms with Crippen LogP contribution in [-0.2, 0) is 4.74 Å². The quantitative estimate of drug-likeness (QED) is 0.781. The van der Waals surface area contributed by atoms with Gasteiger partial charge in [0, 0.05) is 0 Å². The Morgan fingerprint density at radius 2 is 1.95 bits per heavy atom. The van der Waals surface area contributed by atoms with Gasteiger partial charge < -0.3 is 4.74 Å². The van der Waals surface area contributed by atoms with E-state index in [1.807, 2.05) is 0 Å². The first-order valence-corrected chi connectivity index (χ1v) is 5.63. The topological polar surface area (TPSA) is 77.9 Å². The van der Waals surface area contributed by atoms with Crippen LogP contribution < -0.4 is 0 Å². The number of ether oxygens (including phenoxy) is 1. The average molecular weight is 262 g/mol. The summed E-state index contributed by atoms with van der Waals surface area (Å²) in [5.41, 5.74) is 0.268. The van der Waals surface area contributed by atoms with E-state index >= 15 is 0 Å². The summed E-state index contributed by atoms with van der Waals surface area (Å²) in [5.74, 6) is -0.738. The zero-order valence-corrected chi connectivity index (χ0v) is 10.4. The monoisotopic (exact) mass is 262 g/mol. The molecule has 0 saturated carbocycles. The maximum absolute atomic E-state index is 13.9. The lowest BCUT2D eigenvalue weighted by atomic mass is 10.1. The van der Waals surface area contributed by atoms with Gasteiger partial charge in [-0.1, -0.05) is 0 Å². The molecule has 0 fully saturated rings. The van der Waals surface area contributed by atoms with Gasteiger partial charge in [0.25, 0.3) is 0 Å². The Morgan fingerprint density at radius 3 is 2.53 bits per heavy atom. The van der Waals surface area contributed by atoms with Crippen molar-refractivity contribution in [3.63, 3.8) is 0 Å². The van der Waals surface area contributed by atoms with Crippen LogP contribution >= 0.6 is 0 Å². The highest BCUT2D eigenvalue weighted by molar-refractivity contribution is 5.90. The number of benzene rings is 1. The third-order valence-corrected chi connectivity index (χ3v) is 2.30. The van der Waals surface area contributed by atoms with Crippen LogP contribution in [0.1, 0.15) is 23.1 Å². The lowest BCUT2D eigenvalue weighted by Crippen LogP contribution is -2.06. The van der Waals surface area contributed by atoms with E-state index in [9.17, 15) is 9.18 Å². The van der Waals surface area contributed by atoms with E-state index in [1.165, 1.54) is 12.1 Å². The molecule has 0 saturated heterocycles. The average Bonchev–Trinajstić information content (AvgIpc) is 2.40. The summed E-state index contributed by atoms with van der Waals surface area (Å²) in [6.45, 7) is 3.54. The number of nitrogens with zero attached hydrogens (tertiary/aromatic N) is 4. The summed E-state index contributed by atoms with van der Waals surface area (Å²) in [6.07, 6.45) is 0. The summed E-state index contributed by atoms with van der Waals surface area (Å²) < 4.78 is 18.7. The molecule has 0 unspecified atom stereocenters. The van der Waals surface area contributed by atoms with Crippen LogP contribution in [0.5, 0.6) is 0 Å². The van der Waals surface area contributed by atoms with Crippen molar-refractivity contribution >= 4 is 5.97 Å². The molecular weight excluding hydrogens is 251 g/mol. The third-order valence-electron chi connectivity index (χ3n) is 2.30. The minimum atomic E-state index is -0.627. The molecule has 1 heterocycles. The largest absolute Gasteiger partial charge is 0.462 e. The van der Waals surface area contributed by atoms with Gasteiger partial charge in [-0.2, -0.15) is 0 Å². The predicted octanol–water partition coefficient (Wildman–Crippen LogP) is 1.56. The highest BCUT2D eigenvalue weighted by atomic mass is 19.1. The number of halogens is 1. The molecular formula is C12H11FN4O2. The van der Waals surface area contributed by atoms with E-state index in [4.69, 9.17) is 4.74 Å². The van der Waals surface area contributed by atoms with Crippen molar-refractivity contribution in [2.75, 3.05) is 6.61 Å². The third kappa shape index (κ3) is 2.87. The SMILES string of the molecule is CCOC(=O)c1ccc(-c2nnc(C)nn2)c(F)c1. The molecule has 19 heavy (non-hydrogen) atoms. The van der Waals surface area contributed by atoms with Crippen LogP contribution in [0.25, 0.3) is 11.4 Å². The Labute approximate surface area is 108 Å². The minimum Gasteiger partial charge on any atom is -0.462 e. The lowest BCUT2D eigenvalue weighted by Gasteiger charge is -2.04. The zero-order valence-electron chi connectivity index (χ0n) is 10.4. The molecule has 7 heteroatoms. The van der Waals surface area contributed by atoms with Crippen LogP contribution in [0.3, 0.4) is 0 Å². The van der Waals surface area contributed by atoms with Crippen LogP contribution in [-0.4, -0.2) is 33.0 Å². The molecule has 1 aromatic carbocycles. The molecule has 2 rings (SSSR count). The smallest absolute Gasteiger partial charge is 0.338 e. The molecule has 98 valence electrons. The molecule has 0 aliphatic heterocycles. The Balaban J connectivity index is 2.34. The highest BCUT2D eigenvalue weighted by Gasteiger charge is 2.13. The van der Waals surface area contributed by atoms with Gasteiger partial charge in [0.15, 0.2) is 5.82 Å². The summed E-state index contributed by atoms with van der Waals surface area (Å²) in [6, 6.07) is 3.92. The molecule has 0 amide bonds. The number of aryl methyl sites for hydroxylation is 1. The van der Waals surface area contributed by atoms with Gasteiger partial charge >= 0.3 is 5.97 Å². The maximum atomic E-state index is 13.9. The number of carbonyl (C=O) groups is 1.